The molecule has 0 fully saturated rings. The second-order valence-electron chi connectivity index (χ2n) is 4.30. The molecule has 0 bridgehead atoms. The molecule has 0 aliphatic rings. The molecule has 3 aromatic rings. The van der Waals surface area contributed by atoms with Crippen LogP contribution in [-0.2, 0) is 6.42 Å². The number of hydrogen-bond donors (Lipinski definition) is 1. The molecule has 0 atom stereocenters. The molecule has 0 aliphatic carbocycles. The first-order valence-corrected chi connectivity index (χ1v) is 6.89. The van der Waals surface area contributed by atoms with Crippen molar-refractivity contribution in [2.45, 2.75) is 13.3 Å². The predicted molar refractivity (Wildman–Crippen MR) is 75.0 cm³/mol. The molecule has 2 aromatic heterocycles. The average Bonchev–Trinajstić information content (AvgIpc) is 2.82. The molecule has 1 N–H and O–H groups in total. The molecule has 3 nitrogen and oxygen atoms in total. The fourth-order valence-electron chi connectivity index (χ4n) is 2.00. The van der Waals surface area contributed by atoms with Gasteiger partial charge in [-0.15, -0.1) is 11.3 Å². The number of thiophene rings is 1. The maximum absolute atomic E-state index is 13.7. The molecule has 102 valence electrons. The zero-order chi connectivity index (χ0) is 14.3. The number of fused-ring (bicyclic) bond motifs is 1. The first kappa shape index (κ1) is 12.9. The Bertz CT molecular complexity index is 834. The van der Waals surface area contributed by atoms with Crippen molar-refractivity contribution in [2.24, 2.45) is 0 Å². The summed E-state index contributed by atoms with van der Waals surface area (Å²) in [5, 5.41) is 0.451. The zero-order valence-electron chi connectivity index (χ0n) is 10.5. The first-order valence-electron chi connectivity index (χ1n) is 6.07. The van der Waals surface area contributed by atoms with E-state index in [2.05, 4.69) is 9.97 Å². The van der Waals surface area contributed by atoms with Crippen LogP contribution < -0.4 is 5.56 Å². The van der Waals surface area contributed by atoms with Crippen molar-refractivity contribution in [3.63, 3.8) is 0 Å². The highest BCUT2D eigenvalue weighted by atomic mass is 32.1. The van der Waals surface area contributed by atoms with Gasteiger partial charge in [-0.2, -0.15) is 0 Å². The number of benzene rings is 1. The van der Waals surface area contributed by atoms with Gasteiger partial charge in [0.15, 0.2) is 0 Å². The molecule has 2 heterocycles. The lowest BCUT2D eigenvalue weighted by molar-refractivity contribution is 0.587. The molecular weight excluding hydrogens is 282 g/mol. The fraction of sp³-hybridized carbons (Fsp3) is 0.143. The standard InChI is InChI=1S/C14H10F2N2OS/c1-2-7-6-8-13(19)17-12(18-14(8)20-7)11-9(15)4-3-5-10(11)16/h3-6H,2H2,1H3,(H,17,18,19). The third-order valence-corrected chi connectivity index (χ3v) is 4.17. The third-order valence-electron chi connectivity index (χ3n) is 3.00. The summed E-state index contributed by atoms with van der Waals surface area (Å²) >= 11 is 1.36. The van der Waals surface area contributed by atoms with Crippen LogP contribution in [0.25, 0.3) is 21.6 Å². The second-order valence-corrected chi connectivity index (χ2v) is 5.41. The van der Waals surface area contributed by atoms with E-state index in [4.69, 9.17) is 0 Å². The SMILES string of the molecule is CCc1cc2c(=O)[nH]c(-c3c(F)cccc3F)nc2s1. The van der Waals surface area contributed by atoms with Gasteiger partial charge in [0.2, 0.25) is 0 Å². The van der Waals surface area contributed by atoms with Crippen LogP contribution in [0.5, 0.6) is 0 Å². The highest BCUT2D eigenvalue weighted by Gasteiger charge is 2.16. The van der Waals surface area contributed by atoms with E-state index >= 15 is 0 Å². The summed E-state index contributed by atoms with van der Waals surface area (Å²) < 4.78 is 27.5. The van der Waals surface area contributed by atoms with Gasteiger partial charge in [-0.1, -0.05) is 13.0 Å². The van der Waals surface area contributed by atoms with Gasteiger partial charge in [0.1, 0.15) is 22.3 Å². The number of rotatable bonds is 2. The summed E-state index contributed by atoms with van der Waals surface area (Å²) in [7, 11) is 0. The minimum atomic E-state index is -0.750. The summed E-state index contributed by atoms with van der Waals surface area (Å²) in [6.07, 6.45) is 0.782. The van der Waals surface area contributed by atoms with Crippen molar-refractivity contribution in [3.05, 3.63) is 51.1 Å². The minimum absolute atomic E-state index is 0.0809. The highest BCUT2D eigenvalue weighted by Crippen LogP contribution is 2.26. The van der Waals surface area contributed by atoms with Gasteiger partial charge in [0.25, 0.3) is 5.56 Å². The molecule has 0 saturated heterocycles. The van der Waals surface area contributed by atoms with Gasteiger partial charge >= 0.3 is 0 Å². The number of aryl methyl sites for hydroxylation is 1. The van der Waals surface area contributed by atoms with Gasteiger partial charge in [-0.05, 0) is 24.6 Å². The van der Waals surface area contributed by atoms with E-state index < -0.39 is 11.6 Å². The van der Waals surface area contributed by atoms with E-state index in [1.54, 1.807) is 6.07 Å². The highest BCUT2D eigenvalue weighted by molar-refractivity contribution is 7.18. The number of nitrogens with zero attached hydrogens (tertiary/aromatic N) is 1. The van der Waals surface area contributed by atoms with Gasteiger partial charge in [-0.25, -0.2) is 13.8 Å². The Morgan fingerprint density at radius 1 is 1.30 bits per heavy atom. The van der Waals surface area contributed by atoms with E-state index in [-0.39, 0.29) is 16.9 Å². The maximum Gasteiger partial charge on any atom is 0.259 e. The summed E-state index contributed by atoms with van der Waals surface area (Å²) in [6, 6.07) is 5.29. The molecule has 0 radical (unpaired) electrons. The van der Waals surface area contributed by atoms with Gasteiger partial charge < -0.3 is 4.98 Å². The van der Waals surface area contributed by atoms with Crippen LogP contribution in [0, 0.1) is 11.6 Å². The Balaban J connectivity index is 2.30. The van der Waals surface area contributed by atoms with Crippen LogP contribution in [-0.4, -0.2) is 9.97 Å². The molecule has 0 unspecified atom stereocenters. The topological polar surface area (TPSA) is 45.8 Å². The number of halogens is 2. The zero-order valence-corrected chi connectivity index (χ0v) is 11.4. The molecule has 3 rings (SSSR count). The third kappa shape index (κ3) is 2.02. The van der Waals surface area contributed by atoms with E-state index in [1.807, 2.05) is 6.92 Å². The fourth-order valence-corrected chi connectivity index (χ4v) is 2.97. The Morgan fingerprint density at radius 2 is 2.00 bits per heavy atom. The predicted octanol–water partition coefficient (Wildman–Crippen LogP) is 3.49. The van der Waals surface area contributed by atoms with Crippen LogP contribution in [0.2, 0.25) is 0 Å². The summed E-state index contributed by atoms with van der Waals surface area (Å²) in [4.78, 5) is 20.1. The molecule has 0 amide bonds. The largest absolute Gasteiger partial charge is 0.306 e. The Labute approximate surface area is 116 Å². The van der Waals surface area contributed by atoms with Gasteiger partial charge in [0, 0.05) is 4.88 Å². The number of aromatic amines is 1. The van der Waals surface area contributed by atoms with E-state index in [0.29, 0.717) is 10.2 Å². The van der Waals surface area contributed by atoms with Crippen molar-refractivity contribution < 1.29 is 8.78 Å². The van der Waals surface area contributed by atoms with Crippen LogP contribution in [0.1, 0.15) is 11.8 Å². The summed E-state index contributed by atoms with van der Waals surface area (Å²) in [6.45, 7) is 1.97. The monoisotopic (exact) mass is 292 g/mol. The van der Waals surface area contributed by atoms with Crippen molar-refractivity contribution in [2.75, 3.05) is 0 Å². The normalized spacial score (nSPS) is 11.2. The van der Waals surface area contributed by atoms with Gasteiger partial charge in [0.05, 0.1) is 10.9 Å². The quantitative estimate of drug-likeness (QED) is 0.786. The van der Waals surface area contributed by atoms with Crippen molar-refractivity contribution >= 4 is 21.6 Å². The molecule has 0 saturated carbocycles. The van der Waals surface area contributed by atoms with Crippen molar-refractivity contribution in [1.29, 1.82) is 0 Å². The van der Waals surface area contributed by atoms with E-state index in [1.165, 1.54) is 17.4 Å². The Hall–Kier alpha value is -2.08. The molecule has 1 aromatic carbocycles. The van der Waals surface area contributed by atoms with Crippen LogP contribution >= 0.6 is 11.3 Å². The number of H-pyrrole nitrogens is 1. The van der Waals surface area contributed by atoms with Crippen LogP contribution in [0.3, 0.4) is 0 Å². The second kappa shape index (κ2) is 4.79. The lowest BCUT2D eigenvalue weighted by atomic mass is 10.2. The summed E-state index contributed by atoms with van der Waals surface area (Å²) in [5.41, 5.74) is -0.693. The lowest BCUT2D eigenvalue weighted by Crippen LogP contribution is -2.09. The van der Waals surface area contributed by atoms with Crippen LogP contribution in [0.15, 0.2) is 29.1 Å². The Kier molecular flexibility index (Phi) is 3.10. The number of nitrogens with one attached hydrogen (secondary N) is 1. The smallest absolute Gasteiger partial charge is 0.259 e. The molecule has 6 heteroatoms. The van der Waals surface area contributed by atoms with Crippen molar-refractivity contribution in [1.82, 2.24) is 9.97 Å². The summed E-state index contributed by atoms with van der Waals surface area (Å²) in [5.74, 6) is -1.58. The van der Waals surface area contributed by atoms with E-state index in [9.17, 15) is 13.6 Å². The lowest BCUT2D eigenvalue weighted by Gasteiger charge is -2.03. The molecule has 0 spiro atoms. The molecule has 0 aliphatic heterocycles. The van der Waals surface area contributed by atoms with Crippen molar-refractivity contribution in [3.8, 4) is 11.4 Å². The molecular formula is C14H10F2N2OS. The average molecular weight is 292 g/mol. The Morgan fingerprint density at radius 3 is 2.65 bits per heavy atom. The first-order chi connectivity index (χ1) is 9.60. The maximum atomic E-state index is 13.7. The number of aromatic nitrogens is 2. The van der Waals surface area contributed by atoms with E-state index in [0.717, 1.165) is 23.4 Å². The van der Waals surface area contributed by atoms with Gasteiger partial charge in [-0.3, -0.25) is 4.79 Å². The van der Waals surface area contributed by atoms with Crippen LogP contribution in [0.4, 0.5) is 8.78 Å². The molecule has 20 heavy (non-hydrogen) atoms. The number of hydrogen-bond acceptors (Lipinski definition) is 3. The minimum Gasteiger partial charge on any atom is -0.306 e.